The summed E-state index contributed by atoms with van der Waals surface area (Å²) >= 11 is 0. The number of nitrogens with zero attached hydrogens (tertiary/aromatic N) is 1. The Morgan fingerprint density at radius 1 is 1.11 bits per heavy atom. The van der Waals surface area contributed by atoms with Gasteiger partial charge in [0.15, 0.2) is 5.58 Å². The number of oxazole rings is 1. The lowest BCUT2D eigenvalue weighted by atomic mass is 10.1. The maximum Gasteiger partial charge on any atom is 0.336 e. The largest absolute Gasteiger partial charge is 0.508 e. The standard InChI is InChI=1S/C20H15NO7/c1-2-26-18(24)5-10-6-19(25)27-16-9-17-14(8-12(10)16)21-20(28-17)13-7-11(22)3-4-15(13)23/h3-4,6-9,22-23H,2,5H2,1H3. The summed E-state index contributed by atoms with van der Waals surface area (Å²) in [5.74, 6) is -0.528. The van der Waals surface area contributed by atoms with Gasteiger partial charge in [-0.1, -0.05) is 0 Å². The number of carbonyl (C=O) groups is 1. The molecule has 0 saturated heterocycles. The highest BCUT2D eigenvalue weighted by Gasteiger charge is 2.17. The average Bonchev–Trinajstić information content (AvgIpc) is 3.05. The predicted molar refractivity (Wildman–Crippen MR) is 99.2 cm³/mol. The first-order chi connectivity index (χ1) is 13.4. The van der Waals surface area contributed by atoms with Crippen molar-refractivity contribution in [3.63, 3.8) is 0 Å². The highest BCUT2D eigenvalue weighted by molar-refractivity contribution is 5.95. The van der Waals surface area contributed by atoms with Crippen molar-refractivity contribution < 1.29 is 28.6 Å². The van der Waals surface area contributed by atoms with Crippen molar-refractivity contribution in [1.29, 1.82) is 0 Å². The first kappa shape index (κ1) is 17.6. The quantitative estimate of drug-likeness (QED) is 0.314. The van der Waals surface area contributed by atoms with Gasteiger partial charge in [0.25, 0.3) is 0 Å². The maximum absolute atomic E-state index is 11.9. The van der Waals surface area contributed by atoms with Gasteiger partial charge in [-0.3, -0.25) is 4.79 Å². The molecule has 2 heterocycles. The van der Waals surface area contributed by atoms with Crippen molar-refractivity contribution in [3.05, 3.63) is 52.4 Å². The third kappa shape index (κ3) is 3.16. The zero-order chi connectivity index (χ0) is 19.8. The van der Waals surface area contributed by atoms with Crippen LogP contribution in [0.1, 0.15) is 12.5 Å². The second kappa shape index (κ2) is 6.73. The van der Waals surface area contributed by atoms with E-state index in [0.717, 1.165) is 0 Å². The lowest BCUT2D eigenvalue weighted by molar-refractivity contribution is -0.142. The highest BCUT2D eigenvalue weighted by Crippen LogP contribution is 2.35. The van der Waals surface area contributed by atoms with E-state index in [-0.39, 0.29) is 41.6 Å². The van der Waals surface area contributed by atoms with Crippen LogP contribution in [-0.2, 0) is 16.0 Å². The van der Waals surface area contributed by atoms with E-state index in [2.05, 4.69) is 4.98 Å². The van der Waals surface area contributed by atoms with Crippen molar-refractivity contribution in [2.75, 3.05) is 6.61 Å². The SMILES string of the molecule is CCOC(=O)Cc1cc(=O)oc2cc3oc(-c4cc(O)ccc4O)nc3cc12. The molecule has 0 bridgehead atoms. The van der Waals surface area contributed by atoms with Crippen LogP contribution in [0.5, 0.6) is 11.5 Å². The normalized spacial score (nSPS) is 11.2. The minimum atomic E-state index is -0.600. The lowest BCUT2D eigenvalue weighted by Crippen LogP contribution is -2.10. The third-order valence-corrected chi connectivity index (χ3v) is 4.19. The number of hydrogen-bond donors (Lipinski definition) is 2. The summed E-state index contributed by atoms with van der Waals surface area (Å²) in [7, 11) is 0. The summed E-state index contributed by atoms with van der Waals surface area (Å²) < 4.78 is 15.8. The van der Waals surface area contributed by atoms with Gasteiger partial charge in [0, 0.05) is 17.5 Å². The Morgan fingerprint density at radius 3 is 2.71 bits per heavy atom. The molecule has 0 unspecified atom stereocenters. The molecule has 0 aliphatic rings. The van der Waals surface area contributed by atoms with Crippen molar-refractivity contribution in [2.24, 2.45) is 0 Å². The summed E-state index contributed by atoms with van der Waals surface area (Å²) in [6.45, 7) is 1.94. The van der Waals surface area contributed by atoms with Gasteiger partial charge in [-0.25, -0.2) is 9.78 Å². The Bertz CT molecular complexity index is 1270. The van der Waals surface area contributed by atoms with Crippen LogP contribution in [0.3, 0.4) is 0 Å². The number of aromatic hydroxyl groups is 2. The Labute approximate surface area is 157 Å². The molecule has 0 amide bonds. The van der Waals surface area contributed by atoms with Gasteiger partial charge in [0.05, 0.1) is 18.6 Å². The van der Waals surface area contributed by atoms with Crippen LogP contribution in [0.4, 0.5) is 0 Å². The molecule has 2 N–H and O–H groups in total. The fourth-order valence-electron chi connectivity index (χ4n) is 2.97. The summed E-state index contributed by atoms with van der Waals surface area (Å²) in [5.41, 5.74) is 1.06. The fourth-order valence-corrected chi connectivity index (χ4v) is 2.97. The van der Waals surface area contributed by atoms with E-state index in [9.17, 15) is 19.8 Å². The van der Waals surface area contributed by atoms with Crippen molar-refractivity contribution in [3.8, 4) is 23.0 Å². The number of rotatable bonds is 4. The molecule has 0 fully saturated rings. The number of phenolic OH excluding ortho intramolecular Hbond substituents is 2. The molecular weight excluding hydrogens is 366 g/mol. The minimum absolute atomic E-state index is 0.0528. The highest BCUT2D eigenvalue weighted by atomic mass is 16.5. The summed E-state index contributed by atoms with van der Waals surface area (Å²) in [6, 6.07) is 8.36. The molecule has 0 aliphatic heterocycles. The summed E-state index contributed by atoms with van der Waals surface area (Å²) in [6.07, 6.45) is -0.0838. The zero-order valence-corrected chi connectivity index (χ0v) is 14.8. The van der Waals surface area contributed by atoms with Crippen LogP contribution in [0.2, 0.25) is 0 Å². The van der Waals surface area contributed by atoms with Gasteiger partial charge in [0.1, 0.15) is 22.6 Å². The zero-order valence-electron chi connectivity index (χ0n) is 14.8. The number of phenols is 2. The molecule has 0 saturated carbocycles. The second-order valence-corrected chi connectivity index (χ2v) is 6.11. The number of carbonyl (C=O) groups excluding carboxylic acids is 1. The molecule has 0 aliphatic carbocycles. The van der Waals surface area contributed by atoms with Crippen molar-refractivity contribution in [2.45, 2.75) is 13.3 Å². The Hall–Kier alpha value is -3.81. The predicted octanol–water partition coefficient (Wildman–Crippen LogP) is 3.12. The van der Waals surface area contributed by atoms with Crippen LogP contribution in [0.15, 0.2) is 50.0 Å². The smallest absolute Gasteiger partial charge is 0.336 e. The van der Waals surface area contributed by atoms with Crippen molar-refractivity contribution >= 4 is 28.0 Å². The number of benzene rings is 2. The van der Waals surface area contributed by atoms with Crippen LogP contribution >= 0.6 is 0 Å². The molecule has 0 radical (unpaired) electrons. The monoisotopic (exact) mass is 381 g/mol. The number of ether oxygens (including phenoxy) is 1. The van der Waals surface area contributed by atoms with Gasteiger partial charge in [-0.2, -0.15) is 0 Å². The Morgan fingerprint density at radius 2 is 1.93 bits per heavy atom. The number of esters is 1. The molecule has 8 heteroatoms. The maximum atomic E-state index is 11.9. The molecule has 0 spiro atoms. The molecule has 2 aromatic carbocycles. The molecular formula is C20H15NO7. The third-order valence-electron chi connectivity index (χ3n) is 4.19. The molecule has 8 nitrogen and oxygen atoms in total. The molecule has 4 rings (SSSR count). The van der Waals surface area contributed by atoms with E-state index in [4.69, 9.17) is 13.6 Å². The molecule has 0 atom stereocenters. The van der Waals surface area contributed by atoms with Crippen molar-refractivity contribution in [1.82, 2.24) is 4.98 Å². The Kier molecular flexibility index (Phi) is 4.23. The number of aromatic nitrogens is 1. The first-order valence-corrected chi connectivity index (χ1v) is 8.50. The minimum Gasteiger partial charge on any atom is -0.508 e. The van der Waals surface area contributed by atoms with Crippen LogP contribution in [0.25, 0.3) is 33.5 Å². The molecule has 4 aromatic rings. The topological polar surface area (TPSA) is 123 Å². The van der Waals surface area contributed by atoms with Crippen LogP contribution in [0, 0.1) is 0 Å². The van der Waals surface area contributed by atoms with Gasteiger partial charge in [-0.05, 0) is 36.8 Å². The summed E-state index contributed by atoms with van der Waals surface area (Å²) in [5, 5.41) is 20.2. The van der Waals surface area contributed by atoms with Gasteiger partial charge < -0.3 is 23.8 Å². The van der Waals surface area contributed by atoms with E-state index < -0.39 is 11.6 Å². The number of fused-ring (bicyclic) bond motifs is 2. The van der Waals surface area contributed by atoms with Crippen LogP contribution in [-0.4, -0.2) is 27.8 Å². The number of hydrogen-bond acceptors (Lipinski definition) is 8. The fraction of sp³-hybridized carbons (Fsp3) is 0.150. The van der Waals surface area contributed by atoms with E-state index in [1.54, 1.807) is 13.0 Å². The van der Waals surface area contributed by atoms with E-state index in [1.165, 1.54) is 30.3 Å². The average molecular weight is 381 g/mol. The Balaban J connectivity index is 1.88. The van der Waals surface area contributed by atoms with E-state index in [1.807, 2.05) is 0 Å². The van der Waals surface area contributed by atoms with Gasteiger partial charge in [0.2, 0.25) is 5.89 Å². The molecule has 28 heavy (non-hydrogen) atoms. The second-order valence-electron chi connectivity index (χ2n) is 6.11. The first-order valence-electron chi connectivity index (χ1n) is 8.50. The molecule has 142 valence electrons. The lowest BCUT2D eigenvalue weighted by Gasteiger charge is -2.05. The molecule has 2 aromatic heterocycles. The van der Waals surface area contributed by atoms with Gasteiger partial charge >= 0.3 is 11.6 Å². The summed E-state index contributed by atoms with van der Waals surface area (Å²) in [4.78, 5) is 28.1. The van der Waals surface area contributed by atoms with E-state index >= 15 is 0 Å². The van der Waals surface area contributed by atoms with Crippen LogP contribution < -0.4 is 5.63 Å². The van der Waals surface area contributed by atoms with E-state index in [0.29, 0.717) is 22.0 Å². The van der Waals surface area contributed by atoms with Gasteiger partial charge in [-0.15, -0.1) is 0 Å².